The lowest BCUT2D eigenvalue weighted by atomic mass is 10.1. The average molecular weight is 339 g/mol. The van der Waals surface area contributed by atoms with E-state index < -0.39 is 0 Å². The second-order valence-corrected chi connectivity index (χ2v) is 5.71. The molecule has 0 saturated heterocycles. The number of benzene rings is 2. The van der Waals surface area contributed by atoms with E-state index in [1.807, 2.05) is 26.0 Å². The zero-order chi connectivity index (χ0) is 17.8. The number of ether oxygens (including phenoxy) is 2. The molecule has 2 aromatic carbocycles. The lowest BCUT2D eigenvalue weighted by molar-refractivity contribution is 0.318. The summed E-state index contributed by atoms with van der Waals surface area (Å²) in [6.45, 7) is 7.03. The lowest BCUT2D eigenvalue weighted by Gasteiger charge is -2.07. The first-order chi connectivity index (χ1) is 12.2. The van der Waals surface area contributed by atoms with Crippen LogP contribution in [0.25, 0.3) is 22.3 Å². The Morgan fingerprint density at radius 2 is 1.64 bits per heavy atom. The van der Waals surface area contributed by atoms with Crippen LogP contribution < -0.4 is 9.47 Å². The van der Waals surface area contributed by atoms with Crippen LogP contribution in [0.5, 0.6) is 17.2 Å². The number of aromatic hydroxyl groups is 1. The van der Waals surface area contributed by atoms with E-state index in [0.29, 0.717) is 24.7 Å². The molecule has 0 fully saturated rings. The molecule has 0 radical (unpaired) electrons. The Balaban J connectivity index is 2.15. The molecule has 3 aromatic rings. The molecule has 0 aliphatic rings. The Morgan fingerprint density at radius 1 is 0.880 bits per heavy atom. The van der Waals surface area contributed by atoms with Gasteiger partial charge < -0.3 is 14.6 Å². The standard InChI is InChI=1S/C21H22O4/c1-4-14-7-10-18-16(11-14)20(23-5-2)13-19(25-18)15-8-9-17(22)21(12-15)24-6-3/h7-13H,4-6H2,1-3H3/p+1. The van der Waals surface area contributed by atoms with E-state index in [0.717, 1.165) is 28.7 Å². The van der Waals surface area contributed by atoms with Gasteiger partial charge in [0, 0.05) is 12.1 Å². The third kappa shape index (κ3) is 3.53. The summed E-state index contributed by atoms with van der Waals surface area (Å²) in [5.74, 6) is 2.01. The molecule has 0 saturated carbocycles. The smallest absolute Gasteiger partial charge is 0.364 e. The largest absolute Gasteiger partial charge is 0.504 e. The zero-order valence-electron chi connectivity index (χ0n) is 14.8. The van der Waals surface area contributed by atoms with E-state index in [1.54, 1.807) is 18.2 Å². The van der Waals surface area contributed by atoms with Crippen LogP contribution in [0.2, 0.25) is 0 Å². The van der Waals surface area contributed by atoms with E-state index in [-0.39, 0.29) is 5.75 Å². The maximum Gasteiger partial charge on any atom is 0.364 e. The summed E-state index contributed by atoms with van der Waals surface area (Å²) in [6, 6.07) is 13.2. The third-order valence-electron chi connectivity index (χ3n) is 4.04. The van der Waals surface area contributed by atoms with Gasteiger partial charge >= 0.3 is 11.3 Å². The van der Waals surface area contributed by atoms with E-state index in [1.165, 1.54) is 5.56 Å². The molecule has 130 valence electrons. The van der Waals surface area contributed by atoms with Gasteiger partial charge in [0.15, 0.2) is 11.5 Å². The molecule has 0 aliphatic heterocycles. The van der Waals surface area contributed by atoms with Gasteiger partial charge in [0.25, 0.3) is 0 Å². The van der Waals surface area contributed by atoms with E-state index in [4.69, 9.17) is 13.9 Å². The number of rotatable bonds is 6. The van der Waals surface area contributed by atoms with Gasteiger partial charge in [0.05, 0.1) is 24.8 Å². The molecule has 0 unspecified atom stereocenters. The minimum atomic E-state index is 0.115. The molecule has 4 nitrogen and oxygen atoms in total. The fourth-order valence-corrected chi connectivity index (χ4v) is 2.78. The van der Waals surface area contributed by atoms with Crippen molar-refractivity contribution in [2.45, 2.75) is 27.2 Å². The number of phenolic OH excluding ortho intramolecular Hbond substituents is 1. The summed E-state index contributed by atoms with van der Waals surface area (Å²) < 4.78 is 17.4. The predicted octanol–water partition coefficient (Wildman–Crippen LogP) is 5.45. The first-order valence-electron chi connectivity index (χ1n) is 8.65. The summed E-state index contributed by atoms with van der Waals surface area (Å²) in [5.41, 5.74) is 2.83. The third-order valence-corrected chi connectivity index (χ3v) is 4.04. The molecule has 1 heterocycles. The summed E-state index contributed by atoms with van der Waals surface area (Å²) in [6.07, 6.45) is 0.957. The normalized spacial score (nSPS) is 10.8. The van der Waals surface area contributed by atoms with Crippen molar-refractivity contribution in [2.24, 2.45) is 0 Å². The highest BCUT2D eigenvalue weighted by Crippen LogP contribution is 2.36. The molecular formula is C21H23O4+. The fourth-order valence-electron chi connectivity index (χ4n) is 2.78. The van der Waals surface area contributed by atoms with Crippen LogP contribution in [0.3, 0.4) is 0 Å². The first kappa shape index (κ1) is 17.1. The highest BCUT2D eigenvalue weighted by atomic mass is 16.5. The maximum atomic E-state index is 9.90. The van der Waals surface area contributed by atoms with Gasteiger partial charge in [-0.05, 0) is 50.1 Å². The van der Waals surface area contributed by atoms with Crippen LogP contribution in [0, 0.1) is 0 Å². The fraction of sp³-hybridized carbons (Fsp3) is 0.286. The van der Waals surface area contributed by atoms with Gasteiger partial charge in [-0.25, -0.2) is 4.42 Å². The molecule has 0 aliphatic carbocycles. The van der Waals surface area contributed by atoms with Crippen molar-refractivity contribution in [3.8, 4) is 28.6 Å². The Hall–Kier alpha value is -2.75. The molecule has 1 N–H and O–H groups in total. The number of fused-ring (bicyclic) bond motifs is 1. The molecule has 4 heteroatoms. The predicted molar refractivity (Wildman–Crippen MR) is 99.4 cm³/mol. The van der Waals surface area contributed by atoms with E-state index >= 15 is 0 Å². The minimum absolute atomic E-state index is 0.115. The number of phenols is 1. The molecule has 0 atom stereocenters. The zero-order valence-corrected chi connectivity index (χ0v) is 14.8. The van der Waals surface area contributed by atoms with Crippen molar-refractivity contribution in [1.29, 1.82) is 0 Å². The van der Waals surface area contributed by atoms with Crippen LogP contribution in [0.4, 0.5) is 0 Å². The van der Waals surface area contributed by atoms with Gasteiger partial charge in [-0.1, -0.05) is 6.92 Å². The van der Waals surface area contributed by atoms with Crippen LogP contribution in [0.1, 0.15) is 26.3 Å². The van der Waals surface area contributed by atoms with Gasteiger partial charge in [-0.3, -0.25) is 0 Å². The Morgan fingerprint density at radius 3 is 2.36 bits per heavy atom. The SMILES string of the molecule is CCOc1cc(-c2cc(OCC)c3cc(CC)ccc3[o+]2)ccc1O. The van der Waals surface area contributed by atoms with Crippen molar-refractivity contribution in [3.05, 3.63) is 48.0 Å². The summed E-state index contributed by atoms with van der Waals surface area (Å²) in [5, 5.41) is 10.9. The Labute approximate surface area is 147 Å². The number of aryl methyl sites for hydroxylation is 1. The molecule has 25 heavy (non-hydrogen) atoms. The Kier molecular flexibility index (Phi) is 5.08. The highest BCUT2D eigenvalue weighted by Gasteiger charge is 2.21. The summed E-state index contributed by atoms with van der Waals surface area (Å²) >= 11 is 0. The molecule has 0 amide bonds. The van der Waals surface area contributed by atoms with Gasteiger partial charge in [-0.2, -0.15) is 0 Å². The van der Waals surface area contributed by atoms with Crippen molar-refractivity contribution in [3.63, 3.8) is 0 Å². The summed E-state index contributed by atoms with van der Waals surface area (Å²) in [4.78, 5) is 0. The lowest BCUT2D eigenvalue weighted by Crippen LogP contribution is -1.95. The molecular weight excluding hydrogens is 316 g/mol. The Bertz CT molecular complexity index is 886. The van der Waals surface area contributed by atoms with E-state index in [2.05, 4.69) is 19.1 Å². The maximum absolute atomic E-state index is 9.90. The van der Waals surface area contributed by atoms with Gasteiger partial charge in [-0.15, -0.1) is 0 Å². The van der Waals surface area contributed by atoms with Crippen molar-refractivity contribution < 1.29 is 19.0 Å². The quantitative estimate of drug-likeness (QED) is 0.607. The molecule has 3 rings (SSSR count). The van der Waals surface area contributed by atoms with Crippen LogP contribution >= 0.6 is 0 Å². The number of hydrogen-bond acceptors (Lipinski definition) is 3. The van der Waals surface area contributed by atoms with Crippen molar-refractivity contribution in [1.82, 2.24) is 0 Å². The van der Waals surface area contributed by atoms with Crippen molar-refractivity contribution >= 4 is 11.0 Å². The van der Waals surface area contributed by atoms with Crippen molar-refractivity contribution in [2.75, 3.05) is 13.2 Å². The monoisotopic (exact) mass is 339 g/mol. The van der Waals surface area contributed by atoms with Crippen LogP contribution in [-0.2, 0) is 6.42 Å². The van der Waals surface area contributed by atoms with Gasteiger partial charge in [0.2, 0.25) is 0 Å². The first-order valence-corrected chi connectivity index (χ1v) is 8.65. The second-order valence-electron chi connectivity index (χ2n) is 5.71. The van der Waals surface area contributed by atoms with Crippen LogP contribution in [0.15, 0.2) is 46.9 Å². The summed E-state index contributed by atoms with van der Waals surface area (Å²) in [7, 11) is 0. The second kappa shape index (κ2) is 7.43. The molecule has 1 aromatic heterocycles. The van der Waals surface area contributed by atoms with Gasteiger partial charge in [0.1, 0.15) is 11.1 Å². The number of hydrogen-bond donors (Lipinski definition) is 1. The molecule has 0 spiro atoms. The topological polar surface area (TPSA) is 50.0 Å². The molecule has 0 bridgehead atoms. The minimum Gasteiger partial charge on any atom is -0.504 e. The highest BCUT2D eigenvalue weighted by molar-refractivity contribution is 5.86. The van der Waals surface area contributed by atoms with Crippen LogP contribution in [-0.4, -0.2) is 18.3 Å². The average Bonchev–Trinajstić information content (AvgIpc) is 2.63. The van der Waals surface area contributed by atoms with E-state index in [9.17, 15) is 5.11 Å².